The summed E-state index contributed by atoms with van der Waals surface area (Å²) in [5.41, 5.74) is 3.55. The highest BCUT2D eigenvalue weighted by atomic mass is 35.5. The molecule has 1 atom stereocenters. The van der Waals surface area contributed by atoms with Gasteiger partial charge >= 0.3 is 0 Å². The first-order valence-corrected chi connectivity index (χ1v) is 26.7. The molecule has 0 heterocycles. The molecule has 1 unspecified atom stereocenters. The van der Waals surface area contributed by atoms with Gasteiger partial charge in [-0.05, 0) is 78.4 Å². The Bertz CT molecular complexity index is 1720. The number of rotatable bonds is 36. The van der Waals surface area contributed by atoms with Crippen LogP contribution in [-0.4, -0.2) is 18.2 Å². The summed E-state index contributed by atoms with van der Waals surface area (Å²) in [7, 11) is 0. The number of anilines is 1. The summed E-state index contributed by atoms with van der Waals surface area (Å²) in [5, 5.41) is 4.64. The molecule has 1 aliphatic rings. The topological polar surface area (TPSA) is 30.5 Å². The minimum absolute atomic E-state index is 0.575. The molecule has 1 N–H and O–H groups in total. The maximum atomic E-state index is 6.60. The molecular formula is C57H83Cl2NO2S. The number of thiocarbonyl (C=S) groups is 1. The molecule has 6 heteroatoms. The molecule has 0 aliphatic heterocycles. The Kier molecular flexibility index (Phi) is 27.5. The van der Waals surface area contributed by atoms with Crippen molar-refractivity contribution in [2.75, 3.05) is 18.5 Å². The average molecular weight is 917 g/mol. The normalized spacial score (nSPS) is 14.8. The fourth-order valence-electron chi connectivity index (χ4n) is 8.76. The lowest BCUT2D eigenvalue weighted by Gasteiger charge is -2.34. The number of halogens is 2. The SMILES string of the molecule is CCCCCCCCCCCCCCCCOc1ccc(C2=CCC(C(=S)Nc3cc(Cl)ccc3Cl)(c3ccc(OCCCCCCCCCCCCCCCC)cc3)C=C2)cc1. The Morgan fingerprint density at radius 1 is 0.540 bits per heavy atom. The molecule has 0 saturated heterocycles. The van der Waals surface area contributed by atoms with Crippen molar-refractivity contribution >= 4 is 51.7 Å². The van der Waals surface area contributed by atoms with E-state index in [-0.39, 0.29) is 0 Å². The lowest BCUT2D eigenvalue weighted by atomic mass is 9.73. The van der Waals surface area contributed by atoms with Gasteiger partial charge < -0.3 is 14.8 Å². The van der Waals surface area contributed by atoms with E-state index in [1.807, 2.05) is 6.07 Å². The van der Waals surface area contributed by atoms with Gasteiger partial charge in [-0.2, -0.15) is 0 Å². The molecule has 0 saturated carbocycles. The zero-order chi connectivity index (χ0) is 44.6. The van der Waals surface area contributed by atoms with Crippen LogP contribution in [0.4, 0.5) is 5.69 Å². The van der Waals surface area contributed by atoms with Crippen molar-refractivity contribution in [3.05, 3.63) is 106 Å². The second-order valence-electron chi connectivity index (χ2n) is 18.2. The molecule has 0 radical (unpaired) electrons. The molecule has 3 aromatic rings. The summed E-state index contributed by atoms with van der Waals surface area (Å²) < 4.78 is 12.4. The van der Waals surface area contributed by atoms with Crippen LogP contribution >= 0.6 is 35.4 Å². The van der Waals surface area contributed by atoms with Crippen molar-refractivity contribution in [2.45, 2.75) is 205 Å². The number of unbranched alkanes of at least 4 members (excludes halogenated alkanes) is 26. The average Bonchev–Trinajstić information content (AvgIpc) is 3.30. The molecule has 1 aliphatic carbocycles. The van der Waals surface area contributed by atoms with Crippen molar-refractivity contribution in [3.63, 3.8) is 0 Å². The second-order valence-corrected chi connectivity index (χ2v) is 19.4. The van der Waals surface area contributed by atoms with E-state index in [1.54, 1.807) is 12.1 Å². The van der Waals surface area contributed by atoms with Gasteiger partial charge in [0, 0.05) is 5.02 Å². The first-order chi connectivity index (χ1) is 30.9. The quantitative estimate of drug-likeness (QED) is 0.0465. The predicted molar refractivity (Wildman–Crippen MR) is 281 cm³/mol. The summed E-state index contributed by atoms with van der Waals surface area (Å²) in [4.78, 5) is 0.668. The van der Waals surface area contributed by atoms with E-state index in [9.17, 15) is 0 Å². The predicted octanol–water partition coefficient (Wildman–Crippen LogP) is 19.4. The van der Waals surface area contributed by atoms with Gasteiger partial charge in [0.05, 0.1) is 34.3 Å². The van der Waals surface area contributed by atoms with Crippen LogP contribution in [0.5, 0.6) is 11.5 Å². The fourth-order valence-corrected chi connectivity index (χ4v) is 9.48. The highest BCUT2D eigenvalue weighted by Gasteiger charge is 2.36. The van der Waals surface area contributed by atoms with E-state index in [0.717, 1.165) is 48.7 Å². The van der Waals surface area contributed by atoms with Gasteiger partial charge in [-0.25, -0.2) is 0 Å². The highest BCUT2D eigenvalue weighted by molar-refractivity contribution is 7.80. The first kappa shape index (κ1) is 52.8. The van der Waals surface area contributed by atoms with Gasteiger partial charge in [0.15, 0.2) is 0 Å². The zero-order valence-corrected chi connectivity index (χ0v) is 41.8. The summed E-state index contributed by atoms with van der Waals surface area (Å²) in [6.07, 6.45) is 45.4. The Morgan fingerprint density at radius 2 is 0.952 bits per heavy atom. The maximum absolute atomic E-state index is 6.60. The summed E-state index contributed by atoms with van der Waals surface area (Å²) >= 11 is 19.2. The highest BCUT2D eigenvalue weighted by Crippen LogP contribution is 2.40. The summed E-state index contributed by atoms with van der Waals surface area (Å²) in [5.74, 6) is 1.82. The lowest BCUT2D eigenvalue weighted by molar-refractivity contribution is 0.304. The number of nitrogens with one attached hydrogen (secondary N) is 1. The molecule has 0 amide bonds. The number of ether oxygens (including phenoxy) is 2. The Hall–Kier alpha value is -2.79. The van der Waals surface area contributed by atoms with Gasteiger partial charge in [-0.1, -0.05) is 259 Å². The van der Waals surface area contributed by atoms with E-state index in [4.69, 9.17) is 44.9 Å². The van der Waals surface area contributed by atoms with Crippen molar-refractivity contribution in [2.24, 2.45) is 0 Å². The van der Waals surface area contributed by atoms with E-state index in [2.05, 4.69) is 85.9 Å². The zero-order valence-electron chi connectivity index (χ0n) is 39.5. The second kappa shape index (κ2) is 32.8. The van der Waals surface area contributed by atoms with Crippen LogP contribution in [0.1, 0.15) is 211 Å². The van der Waals surface area contributed by atoms with Crippen LogP contribution < -0.4 is 14.8 Å². The van der Waals surface area contributed by atoms with Crippen LogP contribution in [0.3, 0.4) is 0 Å². The molecule has 0 fully saturated rings. The van der Waals surface area contributed by atoms with Crippen molar-refractivity contribution < 1.29 is 9.47 Å². The van der Waals surface area contributed by atoms with Crippen LogP contribution in [0.2, 0.25) is 10.0 Å². The van der Waals surface area contributed by atoms with Crippen LogP contribution in [0, 0.1) is 0 Å². The minimum atomic E-state index is -0.575. The standard InChI is InChI=1S/C57H83Cl2NO2S/c1-3-5-7-9-11-13-15-17-19-21-23-25-27-29-45-61-52-36-31-48(32-37-52)49-41-43-57(44-42-49,56(63)60-55-47-51(58)35-40-54(55)59)50-33-38-53(39-34-50)62-46-30-28-26-24-22-20-18-16-14-12-10-8-6-4-2/h31-43,47H,3-30,44-46H2,1-2H3,(H,60,63). The minimum Gasteiger partial charge on any atom is -0.494 e. The van der Waals surface area contributed by atoms with Crippen molar-refractivity contribution in [3.8, 4) is 11.5 Å². The molecule has 63 heavy (non-hydrogen) atoms. The maximum Gasteiger partial charge on any atom is 0.119 e. The van der Waals surface area contributed by atoms with E-state index < -0.39 is 5.41 Å². The van der Waals surface area contributed by atoms with Gasteiger partial charge in [0.1, 0.15) is 11.5 Å². The molecule has 3 aromatic carbocycles. The Morgan fingerprint density at radius 3 is 1.37 bits per heavy atom. The Balaban J connectivity index is 1.19. The fraction of sp³-hybridized carbons (Fsp3) is 0.596. The molecule has 348 valence electrons. The largest absolute Gasteiger partial charge is 0.494 e. The third kappa shape index (κ3) is 20.9. The summed E-state index contributed by atoms with van der Waals surface area (Å²) in [6.45, 7) is 6.09. The molecular weight excluding hydrogens is 834 g/mol. The number of hydrogen-bond donors (Lipinski definition) is 1. The van der Waals surface area contributed by atoms with Gasteiger partial charge in [-0.3, -0.25) is 0 Å². The number of hydrogen-bond acceptors (Lipinski definition) is 3. The third-order valence-corrected chi connectivity index (χ3v) is 13.9. The molecule has 0 aromatic heterocycles. The molecule has 3 nitrogen and oxygen atoms in total. The van der Waals surface area contributed by atoms with E-state index in [1.165, 1.54) is 173 Å². The van der Waals surface area contributed by atoms with Gasteiger partial charge in [0.25, 0.3) is 0 Å². The van der Waals surface area contributed by atoms with Crippen LogP contribution in [0.15, 0.2) is 85.0 Å². The van der Waals surface area contributed by atoms with Crippen LogP contribution in [0.25, 0.3) is 5.57 Å². The van der Waals surface area contributed by atoms with Crippen LogP contribution in [-0.2, 0) is 5.41 Å². The molecule has 0 bridgehead atoms. The lowest BCUT2D eigenvalue weighted by Crippen LogP contribution is -2.38. The number of benzene rings is 3. The van der Waals surface area contributed by atoms with Crippen molar-refractivity contribution in [1.29, 1.82) is 0 Å². The summed E-state index contributed by atoms with van der Waals surface area (Å²) in [6, 6.07) is 22.4. The number of allylic oxidation sites excluding steroid dienone is 3. The van der Waals surface area contributed by atoms with Gasteiger partial charge in [-0.15, -0.1) is 0 Å². The monoisotopic (exact) mass is 916 g/mol. The van der Waals surface area contributed by atoms with E-state index >= 15 is 0 Å². The first-order valence-electron chi connectivity index (χ1n) is 25.6. The van der Waals surface area contributed by atoms with E-state index in [0.29, 0.717) is 27.1 Å². The van der Waals surface area contributed by atoms with Crippen molar-refractivity contribution in [1.82, 2.24) is 0 Å². The smallest absolute Gasteiger partial charge is 0.119 e. The van der Waals surface area contributed by atoms with Gasteiger partial charge in [0.2, 0.25) is 0 Å². The Labute approximate surface area is 400 Å². The third-order valence-electron chi connectivity index (χ3n) is 12.9. The molecule has 0 spiro atoms. The molecule has 4 rings (SSSR count).